The third kappa shape index (κ3) is 2.95. The van der Waals surface area contributed by atoms with Gasteiger partial charge in [0.15, 0.2) is 0 Å². The van der Waals surface area contributed by atoms with Gasteiger partial charge in [-0.2, -0.15) is 0 Å². The van der Waals surface area contributed by atoms with Crippen LogP contribution < -0.4 is 5.32 Å². The van der Waals surface area contributed by atoms with Gasteiger partial charge in [-0.1, -0.05) is 0 Å². The highest BCUT2D eigenvalue weighted by Gasteiger charge is 2.19. The summed E-state index contributed by atoms with van der Waals surface area (Å²) in [5.74, 6) is 0.795. The molecular formula is C10H11BClN3OS. The molecule has 0 saturated carbocycles. The maximum atomic E-state index is 10.7. The molecule has 1 unspecified atom stereocenters. The molecule has 0 radical (unpaired) electrons. The highest BCUT2D eigenvalue weighted by molar-refractivity contribution is 7.17. The Bertz CT molecular complexity index is 531. The average Bonchev–Trinajstić information content (AvgIpc) is 2.78. The molecule has 0 bridgehead atoms. The lowest BCUT2D eigenvalue weighted by molar-refractivity contribution is -0.108. The quantitative estimate of drug-likeness (QED) is 0.503. The van der Waals surface area contributed by atoms with E-state index in [1.807, 2.05) is 11.4 Å². The zero-order valence-corrected chi connectivity index (χ0v) is 10.9. The number of fused-ring (bicyclic) bond motifs is 1. The fraction of sp³-hybridized carbons (Fsp3) is 0.300. The average molecular weight is 268 g/mol. The van der Waals surface area contributed by atoms with Gasteiger partial charge in [0.25, 0.3) is 0 Å². The first-order chi connectivity index (χ1) is 8.12. The molecule has 0 aliphatic rings. The second-order valence-corrected chi connectivity index (χ2v) is 5.71. The van der Waals surface area contributed by atoms with E-state index in [2.05, 4.69) is 15.3 Å². The summed E-state index contributed by atoms with van der Waals surface area (Å²) in [6, 6.07) is 1.95. The van der Waals surface area contributed by atoms with Crippen LogP contribution >= 0.6 is 22.9 Å². The van der Waals surface area contributed by atoms with Crippen molar-refractivity contribution in [3.05, 3.63) is 17.8 Å². The molecule has 88 valence electrons. The minimum absolute atomic E-state index is 0.551. The Morgan fingerprint density at radius 3 is 3.18 bits per heavy atom. The Morgan fingerprint density at radius 2 is 2.41 bits per heavy atom. The summed E-state index contributed by atoms with van der Waals surface area (Å²) in [5, 5.41) is 5.15. The van der Waals surface area contributed by atoms with Crippen molar-refractivity contribution in [1.29, 1.82) is 0 Å². The summed E-state index contributed by atoms with van der Waals surface area (Å²) in [6.45, 7) is 0.600. The Hall–Kier alpha value is -1.14. The molecule has 4 nitrogen and oxygen atoms in total. The SMILES string of the molecule is BC(Cl)(C=O)CCNc1ncnc2ccsc12. The fourth-order valence-electron chi connectivity index (χ4n) is 1.40. The molecule has 2 aromatic heterocycles. The van der Waals surface area contributed by atoms with E-state index in [1.54, 1.807) is 19.2 Å². The van der Waals surface area contributed by atoms with Gasteiger partial charge in [0, 0.05) is 6.54 Å². The number of aldehydes is 1. The van der Waals surface area contributed by atoms with Crippen molar-refractivity contribution in [3.63, 3.8) is 0 Å². The summed E-state index contributed by atoms with van der Waals surface area (Å²) < 4.78 is 0.212. The first kappa shape index (κ1) is 12.3. The number of nitrogens with one attached hydrogen (secondary N) is 1. The summed E-state index contributed by atoms with van der Waals surface area (Å²) >= 11 is 7.53. The van der Waals surface area contributed by atoms with E-state index in [0.29, 0.717) is 13.0 Å². The van der Waals surface area contributed by atoms with Crippen molar-refractivity contribution in [1.82, 2.24) is 9.97 Å². The normalized spacial score (nSPS) is 14.4. The number of hydrogen-bond acceptors (Lipinski definition) is 5. The van der Waals surface area contributed by atoms with Gasteiger partial charge in [-0.05, 0) is 17.9 Å². The van der Waals surface area contributed by atoms with E-state index in [-0.39, 0.29) is 0 Å². The number of aromatic nitrogens is 2. The van der Waals surface area contributed by atoms with Gasteiger partial charge in [-0.25, -0.2) is 9.97 Å². The van der Waals surface area contributed by atoms with Crippen LogP contribution in [0.5, 0.6) is 0 Å². The van der Waals surface area contributed by atoms with Gasteiger partial charge >= 0.3 is 0 Å². The molecule has 0 aromatic carbocycles. The number of hydrogen-bond donors (Lipinski definition) is 1. The Balaban J connectivity index is 2.04. The summed E-state index contributed by atoms with van der Waals surface area (Å²) in [5.41, 5.74) is 0.927. The lowest BCUT2D eigenvalue weighted by Crippen LogP contribution is -2.26. The lowest BCUT2D eigenvalue weighted by Gasteiger charge is -2.14. The lowest BCUT2D eigenvalue weighted by atomic mass is 9.85. The predicted molar refractivity (Wildman–Crippen MR) is 73.7 cm³/mol. The third-order valence-corrected chi connectivity index (χ3v) is 3.58. The van der Waals surface area contributed by atoms with Crippen LogP contribution in [0.15, 0.2) is 17.8 Å². The van der Waals surface area contributed by atoms with Gasteiger partial charge in [0.05, 0.1) is 15.0 Å². The Morgan fingerprint density at radius 1 is 1.59 bits per heavy atom. The van der Waals surface area contributed by atoms with Gasteiger partial charge < -0.3 is 10.1 Å². The van der Waals surface area contributed by atoms with Crippen molar-refractivity contribution in [3.8, 4) is 0 Å². The molecule has 17 heavy (non-hydrogen) atoms. The largest absolute Gasteiger partial charge is 0.369 e. The molecule has 7 heteroatoms. The van der Waals surface area contributed by atoms with Crippen molar-refractivity contribution in [2.45, 2.75) is 11.2 Å². The number of rotatable bonds is 5. The molecule has 2 heterocycles. The minimum Gasteiger partial charge on any atom is -0.369 e. The van der Waals surface area contributed by atoms with Crippen LogP contribution in [0.4, 0.5) is 5.82 Å². The first-order valence-electron chi connectivity index (χ1n) is 5.20. The minimum atomic E-state index is -0.811. The van der Waals surface area contributed by atoms with Crippen molar-refractivity contribution in [2.24, 2.45) is 0 Å². The van der Waals surface area contributed by atoms with Gasteiger partial charge in [-0.3, -0.25) is 0 Å². The monoisotopic (exact) mass is 267 g/mol. The molecule has 0 fully saturated rings. The van der Waals surface area contributed by atoms with E-state index in [1.165, 1.54) is 6.33 Å². The summed E-state index contributed by atoms with van der Waals surface area (Å²) in [7, 11) is 1.70. The first-order valence-corrected chi connectivity index (χ1v) is 6.45. The highest BCUT2D eigenvalue weighted by Crippen LogP contribution is 2.25. The predicted octanol–water partition coefficient (Wildman–Crippen LogP) is 1.26. The smallest absolute Gasteiger partial charge is 0.147 e. The Kier molecular flexibility index (Phi) is 3.64. The van der Waals surface area contributed by atoms with Crippen LogP contribution in [0.1, 0.15) is 6.42 Å². The second kappa shape index (κ2) is 5.02. The topological polar surface area (TPSA) is 54.9 Å². The molecule has 0 saturated heterocycles. The number of anilines is 1. The fourth-order valence-corrected chi connectivity index (χ4v) is 2.30. The molecule has 0 aliphatic carbocycles. The maximum Gasteiger partial charge on any atom is 0.147 e. The number of thiophene rings is 1. The second-order valence-electron chi connectivity index (χ2n) is 3.93. The Labute approximate surface area is 109 Å². The number of alkyl halides is 1. The van der Waals surface area contributed by atoms with Crippen LogP contribution in [0.25, 0.3) is 10.2 Å². The van der Waals surface area contributed by atoms with Crippen LogP contribution in [0.2, 0.25) is 0 Å². The molecule has 0 spiro atoms. The molecule has 0 amide bonds. The van der Waals surface area contributed by atoms with E-state index in [4.69, 9.17) is 11.6 Å². The van der Waals surface area contributed by atoms with E-state index in [0.717, 1.165) is 22.3 Å². The van der Waals surface area contributed by atoms with Crippen molar-refractivity contribution in [2.75, 3.05) is 11.9 Å². The third-order valence-electron chi connectivity index (χ3n) is 2.40. The van der Waals surface area contributed by atoms with Gasteiger partial charge in [0.2, 0.25) is 0 Å². The molecule has 2 aromatic rings. The molecule has 1 N–H and O–H groups in total. The number of nitrogens with zero attached hydrogens (tertiary/aromatic N) is 2. The van der Waals surface area contributed by atoms with Crippen LogP contribution in [0, 0.1) is 0 Å². The van der Waals surface area contributed by atoms with E-state index in [9.17, 15) is 4.79 Å². The molecule has 2 rings (SSSR count). The van der Waals surface area contributed by atoms with Gasteiger partial charge in [0.1, 0.15) is 26.3 Å². The molecule has 0 aliphatic heterocycles. The number of carbonyl (C=O) groups excluding carboxylic acids is 1. The standard InChI is InChI=1S/C10H11BClN3OS/c11-10(12,5-16)2-3-13-9-8-7(1-4-17-8)14-6-15-9/h1,4-6H,2-3,11H2,(H,13,14,15). The molecule has 1 atom stereocenters. The number of halogens is 1. The van der Waals surface area contributed by atoms with Crippen LogP contribution in [-0.2, 0) is 4.79 Å². The van der Waals surface area contributed by atoms with Crippen molar-refractivity contribution < 1.29 is 4.79 Å². The van der Waals surface area contributed by atoms with Gasteiger partial charge in [-0.15, -0.1) is 22.9 Å². The van der Waals surface area contributed by atoms with Crippen LogP contribution in [-0.4, -0.2) is 35.4 Å². The van der Waals surface area contributed by atoms with Crippen molar-refractivity contribution >= 4 is 53.1 Å². The van der Waals surface area contributed by atoms with Crippen LogP contribution in [0.3, 0.4) is 0 Å². The maximum absolute atomic E-state index is 10.7. The number of carbonyl (C=O) groups is 1. The van der Waals surface area contributed by atoms with E-state index >= 15 is 0 Å². The summed E-state index contributed by atoms with van der Waals surface area (Å²) in [6.07, 6.45) is 2.84. The van der Waals surface area contributed by atoms with E-state index < -0.39 is 4.77 Å². The summed E-state index contributed by atoms with van der Waals surface area (Å²) in [4.78, 5) is 19.0. The molecular weight excluding hydrogens is 256 g/mol. The zero-order chi connectivity index (χ0) is 12.3. The zero-order valence-electron chi connectivity index (χ0n) is 9.31. The highest BCUT2D eigenvalue weighted by atomic mass is 35.5.